The highest BCUT2D eigenvalue weighted by Crippen LogP contribution is 2.30. The van der Waals surface area contributed by atoms with Crippen LogP contribution in [0.25, 0.3) is 11.4 Å². The summed E-state index contributed by atoms with van der Waals surface area (Å²) in [6, 6.07) is 2.15. The van der Waals surface area contributed by atoms with Gasteiger partial charge in [-0.15, -0.1) is 21.5 Å². The Balaban J connectivity index is 1.46. The van der Waals surface area contributed by atoms with E-state index in [-0.39, 0.29) is 23.7 Å². The lowest BCUT2D eigenvalue weighted by molar-refractivity contribution is -0.113. The van der Waals surface area contributed by atoms with E-state index in [1.54, 1.807) is 32.4 Å². The maximum Gasteiger partial charge on any atom is 0.265 e. The van der Waals surface area contributed by atoms with E-state index in [9.17, 15) is 9.59 Å². The van der Waals surface area contributed by atoms with Crippen LogP contribution in [-0.2, 0) is 22.5 Å². The minimum absolute atomic E-state index is 0.123. The second-order valence-electron chi connectivity index (χ2n) is 8.18. The van der Waals surface area contributed by atoms with Crippen molar-refractivity contribution in [2.45, 2.75) is 50.9 Å². The molecule has 0 aromatic carbocycles. The molecule has 1 fully saturated rings. The fraction of sp³-hybridized carbons (Fsp3) is 0.500. The fourth-order valence-electron chi connectivity index (χ4n) is 3.59. The summed E-state index contributed by atoms with van der Waals surface area (Å²) in [5, 5.41) is 14.9. The van der Waals surface area contributed by atoms with Crippen LogP contribution in [0.2, 0.25) is 0 Å². The number of amides is 2. The molecule has 0 radical (unpaired) electrons. The molecule has 3 aromatic rings. The lowest BCUT2D eigenvalue weighted by Crippen LogP contribution is -2.21. The number of carbonyl (C=O) groups is 2. The topological polar surface area (TPSA) is 102 Å². The zero-order valence-corrected chi connectivity index (χ0v) is 22.1. The van der Waals surface area contributed by atoms with Gasteiger partial charge in [0.15, 0.2) is 16.1 Å². The van der Waals surface area contributed by atoms with Gasteiger partial charge in [-0.2, -0.15) is 0 Å². The molecule has 1 saturated heterocycles. The highest BCUT2D eigenvalue weighted by Gasteiger charge is 2.23. The first-order chi connectivity index (χ1) is 16.4. The number of nitrogens with zero attached hydrogens (tertiary/aromatic N) is 5. The normalized spacial score (nSPS) is 15.6. The van der Waals surface area contributed by atoms with Gasteiger partial charge in [0, 0.05) is 36.5 Å². The molecule has 4 rings (SSSR count). The number of rotatable bonds is 9. The van der Waals surface area contributed by atoms with Gasteiger partial charge in [0.2, 0.25) is 5.91 Å². The van der Waals surface area contributed by atoms with Crippen molar-refractivity contribution in [3.63, 3.8) is 0 Å². The Morgan fingerprint density at radius 3 is 2.85 bits per heavy atom. The van der Waals surface area contributed by atoms with Crippen molar-refractivity contribution in [2.24, 2.45) is 0 Å². The van der Waals surface area contributed by atoms with Crippen LogP contribution >= 0.6 is 34.4 Å². The number of anilines is 1. The second-order valence-corrected chi connectivity index (χ2v) is 11.1. The molecule has 1 aliphatic rings. The molecule has 2 amide bonds. The molecule has 9 nitrogen and oxygen atoms in total. The van der Waals surface area contributed by atoms with Crippen molar-refractivity contribution in [3.8, 4) is 11.4 Å². The highest BCUT2D eigenvalue weighted by molar-refractivity contribution is 7.99. The van der Waals surface area contributed by atoms with Gasteiger partial charge in [-0.25, -0.2) is 4.98 Å². The Bertz CT molecular complexity index is 1160. The van der Waals surface area contributed by atoms with Gasteiger partial charge in [0.1, 0.15) is 4.88 Å². The van der Waals surface area contributed by atoms with Crippen LogP contribution in [0, 0.1) is 6.92 Å². The summed E-state index contributed by atoms with van der Waals surface area (Å²) >= 11 is 4.23. The summed E-state index contributed by atoms with van der Waals surface area (Å²) in [7, 11) is 3.38. The number of hydrogen-bond donors (Lipinski definition) is 1. The molecule has 1 aliphatic heterocycles. The second kappa shape index (κ2) is 11.0. The van der Waals surface area contributed by atoms with Crippen LogP contribution in [0.4, 0.5) is 5.13 Å². The first kappa shape index (κ1) is 24.8. The molecule has 4 heterocycles. The number of thiophene rings is 1. The third-order valence-electron chi connectivity index (χ3n) is 5.36. The van der Waals surface area contributed by atoms with Crippen LogP contribution in [0.1, 0.15) is 40.0 Å². The smallest absolute Gasteiger partial charge is 0.265 e. The van der Waals surface area contributed by atoms with Gasteiger partial charge in [-0.3, -0.25) is 14.2 Å². The summed E-state index contributed by atoms with van der Waals surface area (Å²) in [5.74, 6) is 0.624. The third kappa shape index (κ3) is 5.68. The molecule has 1 unspecified atom stereocenters. The van der Waals surface area contributed by atoms with E-state index in [0.717, 1.165) is 37.3 Å². The van der Waals surface area contributed by atoms with Gasteiger partial charge < -0.3 is 15.0 Å². The predicted octanol–water partition coefficient (Wildman–Crippen LogP) is 3.95. The third-order valence-corrected chi connectivity index (χ3v) is 8.47. The summed E-state index contributed by atoms with van der Waals surface area (Å²) < 4.78 is 7.92. The first-order valence-corrected chi connectivity index (χ1v) is 13.8. The minimum Gasteiger partial charge on any atom is -0.376 e. The van der Waals surface area contributed by atoms with Crippen LogP contribution in [-0.4, -0.2) is 69.0 Å². The molecule has 1 atom stereocenters. The number of aromatic nitrogens is 4. The molecule has 0 spiro atoms. The van der Waals surface area contributed by atoms with Crippen molar-refractivity contribution >= 4 is 51.4 Å². The number of carbonyl (C=O) groups excluding carboxylic acids is 2. The van der Waals surface area contributed by atoms with Crippen LogP contribution in [0.5, 0.6) is 0 Å². The number of nitrogens with one attached hydrogen (secondary N) is 1. The van der Waals surface area contributed by atoms with Crippen molar-refractivity contribution in [2.75, 3.05) is 31.8 Å². The van der Waals surface area contributed by atoms with Gasteiger partial charge in [-0.05, 0) is 32.3 Å². The Morgan fingerprint density at radius 1 is 1.35 bits per heavy atom. The average Bonchev–Trinajstić information content (AvgIpc) is 3.60. The van der Waals surface area contributed by atoms with E-state index in [2.05, 4.69) is 43.4 Å². The minimum atomic E-state index is -0.209. The van der Waals surface area contributed by atoms with Gasteiger partial charge in [0.05, 0.1) is 24.1 Å². The monoisotopic (exact) mass is 520 g/mol. The molecule has 1 N–H and O–H groups in total. The molecule has 0 aliphatic carbocycles. The van der Waals surface area contributed by atoms with Crippen molar-refractivity contribution in [3.05, 3.63) is 26.9 Å². The number of aryl methyl sites for hydroxylation is 2. The van der Waals surface area contributed by atoms with Crippen molar-refractivity contribution in [1.82, 2.24) is 24.6 Å². The van der Waals surface area contributed by atoms with Crippen LogP contribution in [0.15, 0.2) is 16.6 Å². The average molecular weight is 521 g/mol. The van der Waals surface area contributed by atoms with Crippen molar-refractivity contribution in [1.29, 1.82) is 0 Å². The molecule has 34 heavy (non-hydrogen) atoms. The highest BCUT2D eigenvalue weighted by atomic mass is 32.2. The summed E-state index contributed by atoms with van der Waals surface area (Å²) in [5.41, 5.74) is 1.65. The Kier molecular flexibility index (Phi) is 8.02. The Morgan fingerprint density at radius 2 is 2.18 bits per heavy atom. The predicted molar refractivity (Wildman–Crippen MR) is 136 cm³/mol. The van der Waals surface area contributed by atoms with Gasteiger partial charge in [0.25, 0.3) is 5.91 Å². The molecular formula is C22H28N6O3S3. The van der Waals surface area contributed by atoms with E-state index in [1.807, 2.05) is 0 Å². The van der Waals surface area contributed by atoms with E-state index in [4.69, 9.17) is 4.74 Å². The van der Waals surface area contributed by atoms with E-state index in [1.165, 1.54) is 32.9 Å². The summed E-state index contributed by atoms with van der Waals surface area (Å²) in [4.78, 5) is 32.5. The maximum atomic E-state index is 12.6. The Labute approximate surface area is 210 Å². The number of thiazole rings is 1. The first-order valence-electron chi connectivity index (χ1n) is 11.1. The zero-order valence-electron chi connectivity index (χ0n) is 19.7. The Hall–Kier alpha value is -2.28. The molecular weight excluding hydrogens is 492 g/mol. The van der Waals surface area contributed by atoms with Crippen LogP contribution in [0.3, 0.4) is 0 Å². The fourth-order valence-corrected chi connectivity index (χ4v) is 6.15. The van der Waals surface area contributed by atoms with Gasteiger partial charge in [-0.1, -0.05) is 30.0 Å². The lowest BCUT2D eigenvalue weighted by Gasteiger charge is -2.14. The lowest BCUT2D eigenvalue weighted by atomic mass is 10.2. The number of thioether (sulfide) groups is 1. The summed E-state index contributed by atoms with van der Waals surface area (Å²) in [6.07, 6.45) is 3.16. The zero-order chi connectivity index (χ0) is 24.2. The summed E-state index contributed by atoms with van der Waals surface area (Å²) in [6.45, 7) is 5.33. The van der Waals surface area contributed by atoms with Crippen LogP contribution < -0.4 is 5.32 Å². The molecule has 0 saturated carbocycles. The quantitative estimate of drug-likeness (QED) is 0.426. The van der Waals surface area contributed by atoms with Gasteiger partial charge >= 0.3 is 0 Å². The number of ether oxygens (including phenoxy) is 1. The maximum absolute atomic E-state index is 12.6. The SMILES string of the molecule is CCc1cc(-c2nnc(SCC(=O)Nc3nc(C)c(C(=O)N(C)C)s3)n2CC2CCCO2)cs1. The van der Waals surface area contributed by atoms with E-state index >= 15 is 0 Å². The van der Waals surface area contributed by atoms with Crippen molar-refractivity contribution < 1.29 is 14.3 Å². The van der Waals surface area contributed by atoms with E-state index < -0.39 is 0 Å². The molecule has 0 bridgehead atoms. The standard InChI is InChI=1S/C22H28N6O3S3/c1-5-16-9-14(11-32-16)19-25-26-22(28(19)10-15-7-6-8-31-15)33-12-17(29)24-21-23-13(2)18(34-21)20(30)27(3)4/h9,11,15H,5-8,10,12H2,1-4H3,(H,23,24,29). The largest absolute Gasteiger partial charge is 0.376 e. The van der Waals surface area contributed by atoms with E-state index in [0.29, 0.717) is 27.4 Å². The number of hydrogen-bond acceptors (Lipinski definition) is 9. The molecule has 12 heteroatoms. The molecule has 182 valence electrons. The molecule has 3 aromatic heterocycles.